The Hall–Kier alpha value is -1.43. The molecule has 4 nitrogen and oxygen atoms in total. The molecule has 0 unspecified atom stereocenters. The molecule has 0 saturated carbocycles. The van der Waals surface area contributed by atoms with Gasteiger partial charge in [0.2, 0.25) is 0 Å². The van der Waals surface area contributed by atoms with Crippen LogP contribution < -0.4 is 10.6 Å². The Morgan fingerprint density at radius 2 is 1.89 bits per heavy atom. The van der Waals surface area contributed by atoms with Crippen LogP contribution in [0.2, 0.25) is 0 Å². The van der Waals surface area contributed by atoms with Crippen LogP contribution in [0.3, 0.4) is 0 Å². The fourth-order valence-corrected chi connectivity index (χ4v) is 2.54. The number of aromatic nitrogens is 1. The SMILES string of the molecule is Cc1ccc(C)c(OCc2nc(CON)cs2)c1C. The van der Waals surface area contributed by atoms with Crippen molar-refractivity contribution in [2.24, 2.45) is 5.90 Å². The van der Waals surface area contributed by atoms with Crippen LogP contribution in [0.1, 0.15) is 27.4 Å². The number of thiazole rings is 1. The summed E-state index contributed by atoms with van der Waals surface area (Å²) in [4.78, 5) is 8.95. The lowest BCUT2D eigenvalue weighted by molar-refractivity contribution is 0.121. The lowest BCUT2D eigenvalue weighted by Gasteiger charge is -2.12. The average molecular weight is 278 g/mol. The molecule has 0 amide bonds. The van der Waals surface area contributed by atoms with Gasteiger partial charge in [-0.05, 0) is 37.5 Å². The predicted octanol–water partition coefficient (Wildman–Crippen LogP) is 3.04. The van der Waals surface area contributed by atoms with Gasteiger partial charge in [-0.3, -0.25) is 4.84 Å². The minimum absolute atomic E-state index is 0.332. The summed E-state index contributed by atoms with van der Waals surface area (Å²) < 4.78 is 5.90. The number of nitrogens with two attached hydrogens (primary N) is 1. The second kappa shape index (κ2) is 6.14. The summed E-state index contributed by atoms with van der Waals surface area (Å²) in [5.74, 6) is 5.98. The highest BCUT2D eigenvalue weighted by Gasteiger charge is 2.08. The summed E-state index contributed by atoms with van der Waals surface area (Å²) >= 11 is 1.55. The summed E-state index contributed by atoms with van der Waals surface area (Å²) in [6.45, 7) is 7.02. The van der Waals surface area contributed by atoms with Gasteiger partial charge in [0.1, 0.15) is 24.0 Å². The van der Waals surface area contributed by atoms with Gasteiger partial charge in [0.25, 0.3) is 0 Å². The number of benzene rings is 1. The normalized spacial score (nSPS) is 10.7. The fraction of sp³-hybridized carbons (Fsp3) is 0.357. The highest BCUT2D eigenvalue weighted by molar-refractivity contribution is 7.09. The molecule has 19 heavy (non-hydrogen) atoms. The van der Waals surface area contributed by atoms with Gasteiger partial charge >= 0.3 is 0 Å². The zero-order chi connectivity index (χ0) is 13.8. The van der Waals surface area contributed by atoms with Crippen molar-refractivity contribution in [1.82, 2.24) is 4.98 Å². The second-order valence-electron chi connectivity index (χ2n) is 4.49. The van der Waals surface area contributed by atoms with Gasteiger partial charge in [-0.2, -0.15) is 0 Å². The van der Waals surface area contributed by atoms with Crippen LogP contribution in [0.15, 0.2) is 17.5 Å². The third-order valence-corrected chi connectivity index (χ3v) is 3.92. The maximum absolute atomic E-state index is 5.90. The molecule has 0 aliphatic rings. The second-order valence-corrected chi connectivity index (χ2v) is 5.43. The van der Waals surface area contributed by atoms with E-state index in [0.29, 0.717) is 13.2 Å². The van der Waals surface area contributed by atoms with E-state index in [1.807, 2.05) is 5.38 Å². The van der Waals surface area contributed by atoms with Crippen LogP contribution in [-0.2, 0) is 18.1 Å². The molecule has 0 fully saturated rings. The molecule has 0 atom stereocenters. The highest BCUT2D eigenvalue weighted by atomic mass is 32.1. The minimum atomic E-state index is 0.332. The zero-order valence-corrected chi connectivity index (χ0v) is 12.2. The van der Waals surface area contributed by atoms with E-state index in [1.165, 1.54) is 11.1 Å². The third kappa shape index (κ3) is 3.32. The number of hydrogen-bond acceptors (Lipinski definition) is 5. The molecular formula is C14H18N2O2S. The predicted molar refractivity (Wildman–Crippen MR) is 76.1 cm³/mol. The molecule has 0 spiro atoms. The molecule has 2 aromatic rings. The van der Waals surface area contributed by atoms with E-state index in [1.54, 1.807) is 11.3 Å². The van der Waals surface area contributed by atoms with Gasteiger partial charge in [-0.25, -0.2) is 10.9 Å². The van der Waals surface area contributed by atoms with Crippen molar-refractivity contribution in [2.45, 2.75) is 34.0 Å². The summed E-state index contributed by atoms with van der Waals surface area (Å²) in [6.07, 6.45) is 0. The van der Waals surface area contributed by atoms with Crippen molar-refractivity contribution in [3.05, 3.63) is 44.9 Å². The Kier molecular flexibility index (Phi) is 4.52. The summed E-state index contributed by atoms with van der Waals surface area (Å²) in [5, 5.41) is 2.86. The van der Waals surface area contributed by atoms with E-state index >= 15 is 0 Å². The maximum Gasteiger partial charge on any atom is 0.140 e. The average Bonchev–Trinajstić information content (AvgIpc) is 2.82. The standard InChI is InChI=1S/C14H18N2O2S/c1-9-4-5-10(2)14(11(9)3)17-7-13-16-12(6-18-15)8-19-13/h4-5,8H,6-7,15H2,1-3H3. The fourth-order valence-electron chi connectivity index (χ4n) is 1.85. The number of ether oxygens (including phenoxy) is 1. The summed E-state index contributed by atoms with van der Waals surface area (Å²) in [5.41, 5.74) is 4.40. The molecular weight excluding hydrogens is 260 g/mol. The smallest absolute Gasteiger partial charge is 0.140 e. The molecule has 102 valence electrons. The van der Waals surface area contributed by atoms with Gasteiger partial charge in [-0.15, -0.1) is 11.3 Å². The Balaban J connectivity index is 2.07. The molecule has 0 saturated heterocycles. The topological polar surface area (TPSA) is 57.4 Å². The number of hydrogen-bond donors (Lipinski definition) is 1. The van der Waals surface area contributed by atoms with E-state index in [2.05, 4.69) is 42.7 Å². The Morgan fingerprint density at radius 3 is 2.63 bits per heavy atom. The molecule has 0 bridgehead atoms. The lowest BCUT2D eigenvalue weighted by Crippen LogP contribution is -2.01. The van der Waals surface area contributed by atoms with E-state index in [9.17, 15) is 0 Å². The van der Waals surface area contributed by atoms with E-state index in [0.717, 1.165) is 22.0 Å². The summed E-state index contributed by atoms with van der Waals surface area (Å²) in [7, 11) is 0. The number of aryl methyl sites for hydroxylation is 2. The first-order chi connectivity index (χ1) is 9.11. The van der Waals surface area contributed by atoms with Crippen molar-refractivity contribution in [2.75, 3.05) is 0 Å². The monoisotopic (exact) mass is 278 g/mol. The zero-order valence-electron chi connectivity index (χ0n) is 11.4. The van der Waals surface area contributed by atoms with E-state index in [-0.39, 0.29) is 0 Å². The molecule has 0 aliphatic carbocycles. The first kappa shape index (κ1) is 14.0. The van der Waals surface area contributed by atoms with Gasteiger partial charge in [0, 0.05) is 5.38 Å². The van der Waals surface area contributed by atoms with Crippen molar-refractivity contribution < 1.29 is 9.57 Å². The van der Waals surface area contributed by atoms with Crippen molar-refractivity contribution >= 4 is 11.3 Å². The van der Waals surface area contributed by atoms with Crippen LogP contribution in [0, 0.1) is 20.8 Å². The Morgan fingerprint density at radius 1 is 1.16 bits per heavy atom. The molecule has 2 rings (SSSR count). The van der Waals surface area contributed by atoms with Crippen LogP contribution in [0.25, 0.3) is 0 Å². The molecule has 5 heteroatoms. The van der Waals surface area contributed by atoms with Crippen molar-refractivity contribution in [3.63, 3.8) is 0 Å². The van der Waals surface area contributed by atoms with Crippen molar-refractivity contribution in [3.8, 4) is 5.75 Å². The van der Waals surface area contributed by atoms with Crippen LogP contribution in [-0.4, -0.2) is 4.98 Å². The Bertz CT molecular complexity index is 567. The highest BCUT2D eigenvalue weighted by Crippen LogP contribution is 2.26. The molecule has 0 radical (unpaired) electrons. The van der Waals surface area contributed by atoms with Gasteiger partial charge in [-0.1, -0.05) is 12.1 Å². The van der Waals surface area contributed by atoms with Gasteiger partial charge in [0.05, 0.1) is 5.69 Å². The first-order valence-corrected chi connectivity index (χ1v) is 6.94. The Labute approximate surface area is 117 Å². The molecule has 1 aromatic heterocycles. The number of nitrogens with zero attached hydrogens (tertiary/aromatic N) is 1. The van der Waals surface area contributed by atoms with E-state index < -0.39 is 0 Å². The van der Waals surface area contributed by atoms with Gasteiger partial charge in [0.15, 0.2) is 0 Å². The third-order valence-electron chi connectivity index (χ3n) is 3.04. The van der Waals surface area contributed by atoms with E-state index in [4.69, 9.17) is 10.6 Å². The molecule has 1 aromatic carbocycles. The maximum atomic E-state index is 5.90. The summed E-state index contributed by atoms with van der Waals surface area (Å²) in [6, 6.07) is 4.19. The molecule has 1 heterocycles. The molecule has 0 aliphatic heterocycles. The van der Waals surface area contributed by atoms with Crippen LogP contribution >= 0.6 is 11.3 Å². The van der Waals surface area contributed by atoms with Crippen LogP contribution in [0.4, 0.5) is 0 Å². The minimum Gasteiger partial charge on any atom is -0.486 e. The number of rotatable bonds is 5. The quantitative estimate of drug-likeness (QED) is 0.854. The largest absolute Gasteiger partial charge is 0.486 e. The lowest BCUT2D eigenvalue weighted by atomic mass is 10.1. The molecule has 2 N–H and O–H groups in total. The van der Waals surface area contributed by atoms with Crippen molar-refractivity contribution in [1.29, 1.82) is 0 Å². The van der Waals surface area contributed by atoms with Crippen LogP contribution in [0.5, 0.6) is 5.75 Å². The first-order valence-electron chi connectivity index (χ1n) is 6.06. The van der Waals surface area contributed by atoms with Gasteiger partial charge < -0.3 is 4.74 Å².